The van der Waals surface area contributed by atoms with Crippen LogP contribution in [0.15, 0.2) is 4.99 Å². The minimum Gasteiger partial charge on any atom is -0.380 e. The fourth-order valence-corrected chi connectivity index (χ4v) is 0.624. The van der Waals surface area contributed by atoms with Gasteiger partial charge < -0.3 is 20.9 Å². The van der Waals surface area contributed by atoms with Gasteiger partial charge >= 0.3 is 0 Å². The molecule has 0 spiro atoms. The van der Waals surface area contributed by atoms with Crippen molar-refractivity contribution in [1.29, 1.82) is 0 Å². The van der Waals surface area contributed by atoms with Gasteiger partial charge in [0, 0.05) is 13.7 Å². The highest BCUT2D eigenvalue weighted by molar-refractivity contribution is 14.0. The second-order valence-electron chi connectivity index (χ2n) is 1.92. The van der Waals surface area contributed by atoms with Crippen molar-refractivity contribution in [2.75, 3.05) is 20.3 Å². The molecule has 0 saturated heterocycles. The first kappa shape index (κ1) is 14.4. The summed E-state index contributed by atoms with van der Waals surface area (Å²) in [6, 6.07) is 0. The van der Waals surface area contributed by atoms with E-state index in [9.17, 15) is 0 Å². The maximum absolute atomic E-state index is 5.15. The number of aliphatic imine (C=N–C) groups is 1. The third-order valence-electron chi connectivity index (χ3n) is 0.961. The van der Waals surface area contributed by atoms with Crippen LogP contribution in [0.2, 0.25) is 0 Å². The monoisotopic (exact) mass is 289 g/mol. The number of hydrogen-bond donors (Lipinski definition) is 2. The van der Waals surface area contributed by atoms with Crippen molar-refractivity contribution >= 4 is 29.9 Å². The molecule has 0 saturated carbocycles. The second kappa shape index (κ2) is 9.01. The molecule has 1 atom stereocenters. The molecule has 0 fully saturated rings. The zero-order valence-electron chi connectivity index (χ0n) is 7.32. The van der Waals surface area contributed by atoms with Crippen LogP contribution in [0.1, 0.15) is 6.92 Å². The molecule has 12 heavy (non-hydrogen) atoms. The quantitative estimate of drug-likeness (QED) is 0.420. The van der Waals surface area contributed by atoms with Crippen LogP contribution in [0.5, 0.6) is 0 Å². The molecule has 4 N–H and O–H groups in total. The largest absolute Gasteiger partial charge is 0.380 e. The van der Waals surface area contributed by atoms with Crippen molar-refractivity contribution in [2.45, 2.75) is 13.2 Å². The Morgan fingerprint density at radius 2 is 2.08 bits per heavy atom. The highest BCUT2D eigenvalue weighted by atomic mass is 127. The number of rotatable bonds is 5. The van der Waals surface area contributed by atoms with Crippen molar-refractivity contribution < 1.29 is 9.47 Å². The summed E-state index contributed by atoms with van der Waals surface area (Å²) in [6.45, 7) is 2.79. The number of methoxy groups -OCH3 is 1. The van der Waals surface area contributed by atoms with Crippen molar-refractivity contribution in [2.24, 2.45) is 16.5 Å². The summed E-state index contributed by atoms with van der Waals surface area (Å²) in [5, 5.41) is 0. The number of guanidine groups is 1. The highest BCUT2D eigenvalue weighted by Gasteiger charge is 2.04. The van der Waals surface area contributed by atoms with Gasteiger partial charge in [0.2, 0.25) is 0 Å². The topological polar surface area (TPSA) is 82.9 Å². The van der Waals surface area contributed by atoms with Crippen LogP contribution in [0.25, 0.3) is 0 Å². The SMILES string of the molecule is CCOC(COC)N=C(N)N.I. The lowest BCUT2D eigenvalue weighted by Crippen LogP contribution is -2.28. The van der Waals surface area contributed by atoms with Crippen LogP contribution < -0.4 is 11.5 Å². The van der Waals surface area contributed by atoms with E-state index in [1.165, 1.54) is 0 Å². The molecule has 0 aliphatic carbocycles. The van der Waals surface area contributed by atoms with E-state index in [1.54, 1.807) is 7.11 Å². The Morgan fingerprint density at radius 3 is 2.42 bits per heavy atom. The number of ether oxygens (including phenoxy) is 2. The smallest absolute Gasteiger partial charge is 0.188 e. The molecular formula is C6H16IN3O2. The van der Waals surface area contributed by atoms with Gasteiger partial charge in [0.15, 0.2) is 12.2 Å². The Morgan fingerprint density at radius 1 is 1.50 bits per heavy atom. The van der Waals surface area contributed by atoms with E-state index in [0.717, 1.165) is 0 Å². The van der Waals surface area contributed by atoms with E-state index in [2.05, 4.69) is 4.99 Å². The maximum atomic E-state index is 5.15. The highest BCUT2D eigenvalue weighted by Crippen LogP contribution is 1.93. The minimum absolute atomic E-state index is 0. The summed E-state index contributed by atoms with van der Waals surface area (Å²) >= 11 is 0. The van der Waals surface area contributed by atoms with Gasteiger partial charge in [0.1, 0.15) is 0 Å². The third kappa shape index (κ3) is 8.02. The fourth-order valence-electron chi connectivity index (χ4n) is 0.624. The average Bonchev–Trinajstić information content (AvgIpc) is 1.87. The summed E-state index contributed by atoms with van der Waals surface area (Å²) in [7, 11) is 1.56. The number of hydrogen-bond acceptors (Lipinski definition) is 3. The first-order chi connectivity index (χ1) is 5.20. The van der Waals surface area contributed by atoms with Gasteiger partial charge in [-0.05, 0) is 6.92 Å². The van der Waals surface area contributed by atoms with E-state index in [1.807, 2.05) is 6.92 Å². The van der Waals surface area contributed by atoms with Gasteiger partial charge in [-0.15, -0.1) is 24.0 Å². The molecule has 6 heteroatoms. The van der Waals surface area contributed by atoms with E-state index in [-0.39, 0.29) is 36.2 Å². The lowest BCUT2D eigenvalue weighted by molar-refractivity contribution is 0.00971. The Hall–Kier alpha value is -0.0800. The maximum Gasteiger partial charge on any atom is 0.188 e. The van der Waals surface area contributed by atoms with Gasteiger partial charge in [-0.3, -0.25) is 0 Å². The summed E-state index contributed by atoms with van der Waals surface area (Å²) < 4.78 is 9.93. The number of nitrogens with two attached hydrogens (primary N) is 2. The molecule has 0 aliphatic heterocycles. The zero-order valence-corrected chi connectivity index (χ0v) is 9.65. The Balaban J connectivity index is 0. The van der Waals surface area contributed by atoms with Crippen LogP contribution >= 0.6 is 24.0 Å². The van der Waals surface area contributed by atoms with Gasteiger partial charge in [-0.1, -0.05) is 0 Å². The lowest BCUT2D eigenvalue weighted by atomic mass is 10.6. The molecule has 0 rings (SSSR count). The van der Waals surface area contributed by atoms with Crippen LogP contribution in [-0.2, 0) is 9.47 Å². The molecule has 0 heterocycles. The molecular weight excluding hydrogens is 273 g/mol. The van der Waals surface area contributed by atoms with Crippen LogP contribution in [-0.4, -0.2) is 32.5 Å². The third-order valence-corrected chi connectivity index (χ3v) is 0.961. The van der Waals surface area contributed by atoms with Gasteiger partial charge in [-0.2, -0.15) is 0 Å². The van der Waals surface area contributed by atoms with Gasteiger partial charge in [-0.25, -0.2) is 4.99 Å². The Labute approximate surface area is 89.5 Å². The van der Waals surface area contributed by atoms with Crippen molar-refractivity contribution in [3.8, 4) is 0 Å². The molecule has 0 radical (unpaired) electrons. The standard InChI is InChI=1S/C6H15N3O2.HI/c1-3-11-5(4-10-2)9-6(7)8;/h5H,3-4H2,1-2H3,(H4,7,8,9);1H. The molecule has 0 bridgehead atoms. The fraction of sp³-hybridized carbons (Fsp3) is 0.833. The second-order valence-corrected chi connectivity index (χ2v) is 1.92. The first-order valence-corrected chi connectivity index (χ1v) is 3.40. The van der Waals surface area contributed by atoms with Gasteiger partial charge in [0.05, 0.1) is 6.61 Å². The van der Waals surface area contributed by atoms with E-state index in [0.29, 0.717) is 13.2 Å². The zero-order chi connectivity index (χ0) is 8.69. The molecule has 5 nitrogen and oxygen atoms in total. The first-order valence-electron chi connectivity index (χ1n) is 3.40. The Bertz CT molecular complexity index is 122. The predicted molar refractivity (Wildman–Crippen MR) is 58.5 cm³/mol. The average molecular weight is 289 g/mol. The van der Waals surface area contributed by atoms with Crippen molar-refractivity contribution in [1.82, 2.24) is 0 Å². The molecule has 74 valence electrons. The molecule has 0 aliphatic rings. The molecule has 0 aromatic rings. The van der Waals surface area contributed by atoms with E-state index >= 15 is 0 Å². The summed E-state index contributed by atoms with van der Waals surface area (Å²) in [4.78, 5) is 3.78. The minimum atomic E-state index is -0.380. The van der Waals surface area contributed by atoms with E-state index in [4.69, 9.17) is 20.9 Å². The normalized spacial score (nSPS) is 11.5. The van der Waals surface area contributed by atoms with Crippen LogP contribution in [0.4, 0.5) is 0 Å². The predicted octanol–water partition coefficient (Wildman–Crippen LogP) is -0.113. The van der Waals surface area contributed by atoms with Crippen LogP contribution in [0.3, 0.4) is 0 Å². The lowest BCUT2D eigenvalue weighted by Gasteiger charge is -2.10. The molecule has 0 amide bonds. The summed E-state index contributed by atoms with van der Waals surface area (Å²) in [5.74, 6) is 0.0144. The summed E-state index contributed by atoms with van der Waals surface area (Å²) in [6.07, 6.45) is -0.380. The van der Waals surface area contributed by atoms with Crippen LogP contribution in [0, 0.1) is 0 Å². The number of nitrogens with zero attached hydrogens (tertiary/aromatic N) is 1. The molecule has 1 unspecified atom stereocenters. The summed E-state index contributed by atoms with van der Waals surface area (Å²) in [5.41, 5.74) is 10.3. The van der Waals surface area contributed by atoms with Crippen molar-refractivity contribution in [3.63, 3.8) is 0 Å². The van der Waals surface area contributed by atoms with Gasteiger partial charge in [0.25, 0.3) is 0 Å². The molecule has 0 aromatic carbocycles. The van der Waals surface area contributed by atoms with E-state index < -0.39 is 0 Å². The Kier molecular flexibility index (Phi) is 10.8. The molecule has 0 aromatic heterocycles. The number of halogens is 1. The van der Waals surface area contributed by atoms with Crippen molar-refractivity contribution in [3.05, 3.63) is 0 Å².